The topological polar surface area (TPSA) is 58.4 Å². The molecular weight excluding hydrogens is 214 g/mol. The average Bonchev–Trinajstić information content (AvgIpc) is 2.30. The van der Waals surface area contributed by atoms with E-state index in [1.54, 1.807) is 0 Å². The largest absolute Gasteiger partial charge is 0.327 e. The Balaban J connectivity index is 1.81. The van der Waals surface area contributed by atoms with Gasteiger partial charge in [0, 0.05) is 18.3 Å². The Hall–Kier alpha value is -1.39. The van der Waals surface area contributed by atoms with Crippen molar-refractivity contribution in [1.82, 2.24) is 4.90 Å². The summed E-state index contributed by atoms with van der Waals surface area (Å²) in [6.07, 6.45) is 2.15. The first-order valence-corrected chi connectivity index (χ1v) is 6.07. The number of carbonyl (C=O) groups excluding carboxylic acids is 1. The summed E-state index contributed by atoms with van der Waals surface area (Å²) in [5, 5.41) is 2.88. The molecule has 1 saturated heterocycles. The highest BCUT2D eigenvalue weighted by atomic mass is 16.2. The maximum absolute atomic E-state index is 11.8. The summed E-state index contributed by atoms with van der Waals surface area (Å²) in [6.45, 7) is 2.22. The van der Waals surface area contributed by atoms with Gasteiger partial charge in [-0.15, -0.1) is 0 Å². The minimum atomic E-state index is 0.0327. The van der Waals surface area contributed by atoms with Gasteiger partial charge in [-0.2, -0.15) is 0 Å². The highest BCUT2D eigenvalue weighted by Gasteiger charge is 2.18. The molecule has 4 heteroatoms. The number of likely N-dealkylation sites (tertiary alicyclic amines) is 1. The molecule has 0 aromatic heterocycles. The van der Waals surface area contributed by atoms with Crippen LogP contribution < -0.4 is 11.1 Å². The summed E-state index contributed by atoms with van der Waals surface area (Å²) >= 11 is 0. The molecule has 1 fully saturated rings. The molecule has 0 radical (unpaired) electrons. The van der Waals surface area contributed by atoms with E-state index in [1.165, 1.54) is 0 Å². The van der Waals surface area contributed by atoms with E-state index in [0.717, 1.165) is 31.6 Å². The van der Waals surface area contributed by atoms with E-state index in [1.807, 2.05) is 30.3 Å². The Kier molecular flexibility index (Phi) is 4.12. The third-order valence-electron chi connectivity index (χ3n) is 2.97. The second kappa shape index (κ2) is 5.80. The lowest BCUT2D eigenvalue weighted by Crippen LogP contribution is -2.45. The molecule has 1 unspecified atom stereocenters. The van der Waals surface area contributed by atoms with Crippen molar-refractivity contribution in [2.24, 2.45) is 5.73 Å². The molecule has 3 N–H and O–H groups in total. The van der Waals surface area contributed by atoms with Gasteiger partial charge in [-0.1, -0.05) is 18.2 Å². The smallest absolute Gasteiger partial charge is 0.238 e. The molecule has 0 aliphatic carbocycles. The lowest BCUT2D eigenvalue weighted by Gasteiger charge is -2.29. The fraction of sp³-hybridized carbons (Fsp3) is 0.462. The maximum Gasteiger partial charge on any atom is 0.238 e. The molecular formula is C13H19N3O. The number of nitrogens with two attached hydrogens (primary N) is 1. The van der Waals surface area contributed by atoms with Crippen LogP contribution in [0, 0.1) is 0 Å². The Bertz CT molecular complexity index is 366. The highest BCUT2D eigenvalue weighted by molar-refractivity contribution is 5.92. The number of nitrogens with zero attached hydrogens (tertiary/aromatic N) is 1. The van der Waals surface area contributed by atoms with E-state index >= 15 is 0 Å². The minimum absolute atomic E-state index is 0.0327. The number of rotatable bonds is 3. The fourth-order valence-electron chi connectivity index (χ4n) is 2.16. The van der Waals surface area contributed by atoms with Crippen LogP contribution >= 0.6 is 0 Å². The standard InChI is InChI=1S/C13H19N3O/c14-11-5-4-8-16(9-11)10-13(17)15-12-6-2-1-3-7-12/h1-3,6-7,11H,4-5,8-10,14H2,(H,15,17). The molecule has 1 aromatic carbocycles. The molecule has 4 nitrogen and oxygen atoms in total. The molecule has 2 rings (SSSR count). The van der Waals surface area contributed by atoms with Crippen LogP contribution in [0.5, 0.6) is 0 Å². The van der Waals surface area contributed by atoms with Gasteiger partial charge in [0.25, 0.3) is 0 Å². The Morgan fingerprint density at radius 2 is 2.18 bits per heavy atom. The first kappa shape index (κ1) is 12.1. The number of anilines is 1. The van der Waals surface area contributed by atoms with E-state index in [2.05, 4.69) is 10.2 Å². The Morgan fingerprint density at radius 3 is 2.88 bits per heavy atom. The summed E-state index contributed by atoms with van der Waals surface area (Å²) < 4.78 is 0. The number of carbonyl (C=O) groups is 1. The van der Waals surface area contributed by atoms with E-state index in [0.29, 0.717) is 6.54 Å². The maximum atomic E-state index is 11.8. The molecule has 1 aliphatic rings. The molecule has 1 amide bonds. The second-order valence-electron chi connectivity index (χ2n) is 4.55. The molecule has 1 aliphatic heterocycles. The van der Waals surface area contributed by atoms with Crippen LogP contribution in [0.15, 0.2) is 30.3 Å². The number of amides is 1. The summed E-state index contributed by atoms with van der Waals surface area (Å²) in [5.41, 5.74) is 6.73. The van der Waals surface area contributed by atoms with Gasteiger partial charge < -0.3 is 11.1 Å². The van der Waals surface area contributed by atoms with E-state index in [-0.39, 0.29) is 11.9 Å². The van der Waals surface area contributed by atoms with E-state index in [4.69, 9.17) is 5.73 Å². The highest BCUT2D eigenvalue weighted by Crippen LogP contribution is 2.09. The molecule has 0 bridgehead atoms. The lowest BCUT2D eigenvalue weighted by atomic mass is 10.1. The summed E-state index contributed by atoms with van der Waals surface area (Å²) in [4.78, 5) is 13.9. The number of para-hydroxylation sites is 1. The number of piperidine rings is 1. The van der Waals surface area contributed by atoms with Gasteiger partial charge in [-0.05, 0) is 31.5 Å². The lowest BCUT2D eigenvalue weighted by molar-refractivity contribution is -0.117. The van der Waals surface area contributed by atoms with E-state index in [9.17, 15) is 4.79 Å². The van der Waals surface area contributed by atoms with Gasteiger partial charge in [0.15, 0.2) is 0 Å². The molecule has 92 valence electrons. The number of nitrogens with one attached hydrogen (secondary N) is 1. The summed E-state index contributed by atoms with van der Waals surface area (Å²) in [6, 6.07) is 9.74. The van der Waals surface area contributed by atoms with Crippen molar-refractivity contribution in [3.05, 3.63) is 30.3 Å². The normalized spacial score (nSPS) is 21.1. The number of hydrogen-bond donors (Lipinski definition) is 2. The van der Waals surface area contributed by atoms with E-state index < -0.39 is 0 Å². The van der Waals surface area contributed by atoms with Crippen LogP contribution in [0.25, 0.3) is 0 Å². The van der Waals surface area contributed by atoms with Crippen molar-refractivity contribution >= 4 is 11.6 Å². The predicted octanol–water partition coefficient (Wildman–Crippen LogP) is 1.05. The van der Waals surface area contributed by atoms with Crippen LogP contribution in [0.3, 0.4) is 0 Å². The second-order valence-corrected chi connectivity index (χ2v) is 4.55. The van der Waals surface area contributed by atoms with Gasteiger partial charge in [-0.25, -0.2) is 0 Å². The third kappa shape index (κ3) is 3.84. The summed E-state index contributed by atoms with van der Waals surface area (Å²) in [7, 11) is 0. The van der Waals surface area contributed by atoms with Gasteiger partial charge in [0.05, 0.1) is 6.54 Å². The zero-order chi connectivity index (χ0) is 12.1. The zero-order valence-electron chi connectivity index (χ0n) is 9.93. The van der Waals surface area contributed by atoms with Crippen molar-refractivity contribution in [1.29, 1.82) is 0 Å². The SMILES string of the molecule is NC1CCCN(CC(=O)Nc2ccccc2)C1. The van der Waals surface area contributed by atoms with Gasteiger partial charge >= 0.3 is 0 Å². The molecule has 0 spiro atoms. The molecule has 1 heterocycles. The third-order valence-corrected chi connectivity index (χ3v) is 2.97. The minimum Gasteiger partial charge on any atom is -0.327 e. The van der Waals surface area contributed by atoms with Crippen LogP contribution in [-0.2, 0) is 4.79 Å². The molecule has 1 aromatic rings. The van der Waals surface area contributed by atoms with Crippen LogP contribution in [0.1, 0.15) is 12.8 Å². The monoisotopic (exact) mass is 233 g/mol. The van der Waals surface area contributed by atoms with Crippen molar-refractivity contribution in [3.63, 3.8) is 0 Å². The van der Waals surface area contributed by atoms with Gasteiger partial charge in [-0.3, -0.25) is 9.69 Å². The Labute approximate surface area is 102 Å². The van der Waals surface area contributed by atoms with Crippen molar-refractivity contribution in [2.45, 2.75) is 18.9 Å². The first-order valence-electron chi connectivity index (χ1n) is 6.07. The van der Waals surface area contributed by atoms with Crippen LogP contribution in [0.4, 0.5) is 5.69 Å². The average molecular weight is 233 g/mol. The summed E-state index contributed by atoms with van der Waals surface area (Å²) in [5.74, 6) is 0.0327. The van der Waals surface area contributed by atoms with Gasteiger partial charge in [0.2, 0.25) is 5.91 Å². The van der Waals surface area contributed by atoms with Crippen molar-refractivity contribution in [3.8, 4) is 0 Å². The van der Waals surface area contributed by atoms with Crippen molar-refractivity contribution in [2.75, 3.05) is 25.0 Å². The molecule has 0 saturated carbocycles. The molecule has 1 atom stereocenters. The Morgan fingerprint density at radius 1 is 1.41 bits per heavy atom. The quantitative estimate of drug-likeness (QED) is 0.820. The fourth-order valence-corrected chi connectivity index (χ4v) is 2.16. The van der Waals surface area contributed by atoms with Crippen molar-refractivity contribution < 1.29 is 4.79 Å². The molecule has 17 heavy (non-hydrogen) atoms. The number of hydrogen-bond acceptors (Lipinski definition) is 3. The van der Waals surface area contributed by atoms with Crippen LogP contribution in [-0.4, -0.2) is 36.5 Å². The first-order chi connectivity index (χ1) is 8.24. The zero-order valence-corrected chi connectivity index (χ0v) is 9.93. The number of benzene rings is 1. The van der Waals surface area contributed by atoms with Gasteiger partial charge in [0.1, 0.15) is 0 Å². The predicted molar refractivity (Wildman–Crippen MR) is 68.7 cm³/mol. The van der Waals surface area contributed by atoms with Crippen LogP contribution in [0.2, 0.25) is 0 Å².